The van der Waals surface area contributed by atoms with Gasteiger partial charge in [0.05, 0.1) is 35.0 Å². The molecule has 3 aromatic rings. The maximum atomic E-state index is 12.5. The van der Waals surface area contributed by atoms with Gasteiger partial charge in [-0.2, -0.15) is 0 Å². The fourth-order valence-electron chi connectivity index (χ4n) is 3.37. The number of carbonyl (C=O) groups excluding carboxylic acids is 1. The standard InChI is InChI=1S/C26H25N3O2S/c1-17-13-23-24(14-18(17)2)29-26(32-16-25(30)27-20-7-5-4-6-8-20)15-22(28-23)19-9-11-21(31-3)12-10-19/h4-14H,15-16H2,1-3H3,(H,27,30). The Bertz CT molecular complexity index is 1190. The molecular formula is C26H25N3O2S. The summed E-state index contributed by atoms with van der Waals surface area (Å²) in [6.45, 7) is 4.15. The summed E-state index contributed by atoms with van der Waals surface area (Å²) in [4.78, 5) is 22.3. The number of thioether (sulfide) groups is 1. The van der Waals surface area contributed by atoms with Crippen LogP contribution in [-0.4, -0.2) is 29.5 Å². The summed E-state index contributed by atoms with van der Waals surface area (Å²) in [5.41, 5.74) is 6.75. The quantitative estimate of drug-likeness (QED) is 0.508. The molecule has 6 heteroatoms. The Morgan fingerprint density at radius 2 is 1.62 bits per heavy atom. The molecule has 1 heterocycles. The summed E-state index contributed by atoms with van der Waals surface area (Å²) in [6.07, 6.45) is 0.558. The van der Waals surface area contributed by atoms with Crippen LogP contribution in [0.3, 0.4) is 0 Å². The van der Waals surface area contributed by atoms with Crippen molar-refractivity contribution in [1.29, 1.82) is 0 Å². The second-order valence-electron chi connectivity index (χ2n) is 7.60. The average Bonchev–Trinajstić information content (AvgIpc) is 2.98. The number of para-hydroxylation sites is 1. The smallest absolute Gasteiger partial charge is 0.234 e. The van der Waals surface area contributed by atoms with Gasteiger partial charge in [-0.1, -0.05) is 18.2 Å². The summed E-state index contributed by atoms with van der Waals surface area (Å²) < 4.78 is 5.29. The molecular weight excluding hydrogens is 418 g/mol. The lowest BCUT2D eigenvalue weighted by molar-refractivity contribution is -0.113. The number of ether oxygens (including phenoxy) is 1. The molecule has 1 N–H and O–H groups in total. The molecule has 0 aliphatic carbocycles. The number of carbonyl (C=O) groups is 1. The molecule has 3 aromatic carbocycles. The van der Waals surface area contributed by atoms with E-state index in [0.717, 1.165) is 39.1 Å². The van der Waals surface area contributed by atoms with Crippen LogP contribution in [0.1, 0.15) is 23.1 Å². The zero-order valence-corrected chi connectivity index (χ0v) is 19.2. The van der Waals surface area contributed by atoms with Crippen molar-refractivity contribution in [1.82, 2.24) is 0 Å². The first kappa shape index (κ1) is 21.8. The van der Waals surface area contributed by atoms with E-state index in [1.165, 1.54) is 22.9 Å². The predicted octanol–water partition coefficient (Wildman–Crippen LogP) is 6.24. The molecule has 162 valence electrons. The Balaban J connectivity index is 1.59. The van der Waals surface area contributed by atoms with Crippen molar-refractivity contribution in [3.63, 3.8) is 0 Å². The highest BCUT2D eigenvalue weighted by atomic mass is 32.2. The minimum absolute atomic E-state index is 0.0589. The lowest BCUT2D eigenvalue weighted by atomic mass is 10.1. The fourth-order valence-corrected chi connectivity index (χ4v) is 4.14. The lowest BCUT2D eigenvalue weighted by Crippen LogP contribution is -2.16. The maximum Gasteiger partial charge on any atom is 0.234 e. The van der Waals surface area contributed by atoms with E-state index in [0.29, 0.717) is 6.42 Å². The molecule has 5 nitrogen and oxygen atoms in total. The van der Waals surface area contributed by atoms with Crippen molar-refractivity contribution in [2.75, 3.05) is 18.2 Å². The van der Waals surface area contributed by atoms with Crippen LogP contribution in [0.4, 0.5) is 17.1 Å². The number of anilines is 1. The summed E-state index contributed by atoms with van der Waals surface area (Å²) >= 11 is 1.45. The number of amides is 1. The largest absolute Gasteiger partial charge is 0.497 e. The highest BCUT2D eigenvalue weighted by Gasteiger charge is 2.18. The van der Waals surface area contributed by atoms with Crippen LogP contribution in [0.25, 0.3) is 0 Å². The van der Waals surface area contributed by atoms with Gasteiger partial charge in [0.1, 0.15) is 5.75 Å². The molecule has 0 fully saturated rings. The number of rotatable bonds is 5. The van der Waals surface area contributed by atoms with Gasteiger partial charge in [-0.3, -0.25) is 9.79 Å². The van der Waals surface area contributed by atoms with E-state index in [1.54, 1.807) is 7.11 Å². The topological polar surface area (TPSA) is 63.1 Å². The Labute approximate surface area is 192 Å². The van der Waals surface area contributed by atoms with E-state index in [4.69, 9.17) is 14.7 Å². The summed E-state index contributed by atoms with van der Waals surface area (Å²) in [7, 11) is 1.65. The van der Waals surface area contributed by atoms with Crippen LogP contribution >= 0.6 is 11.8 Å². The molecule has 0 spiro atoms. The molecule has 4 rings (SSSR count). The van der Waals surface area contributed by atoms with Crippen molar-refractivity contribution < 1.29 is 9.53 Å². The van der Waals surface area contributed by atoms with E-state index in [9.17, 15) is 4.79 Å². The molecule has 0 unspecified atom stereocenters. The van der Waals surface area contributed by atoms with E-state index >= 15 is 0 Å². The number of hydrogen-bond acceptors (Lipinski definition) is 5. The summed E-state index contributed by atoms with van der Waals surface area (Å²) in [6, 6.07) is 21.5. The fraction of sp³-hybridized carbons (Fsp3) is 0.192. The first-order chi connectivity index (χ1) is 15.5. The van der Waals surface area contributed by atoms with Crippen LogP contribution in [0.15, 0.2) is 76.7 Å². The molecule has 0 bridgehead atoms. The van der Waals surface area contributed by atoms with Crippen LogP contribution < -0.4 is 10.1 Å². The molecule has 0 aromatic heterocycles. The van der Waals surface area contributed by atoms with Gasteiger partial charge in [0.15, 0.2) is 0 Å². The minimum atomic E-state index is -0.0589. The van der Waals surface area contributed by atoms with Crippen molar-refractivity contribution in [2.45, 2.75) is 20.3 Å². The van der Waals surface area contributed by atoms with E-state index in [1.807, 2.05) is 54.6 Å². The number of methoxy groups -OCH3 is 1. The van der Waals surface area contributed by atoms with Crippen LogP contribution in [0.5, 0.6) is 5.75 Å². The zero-order chi connectivity index (χ0) is 22.5. The lowest BCUT2D eigenvalue weighted by Gasteiger charge is -2.09. The van der Waals surface area contributed by atoms with Crippen molar-refractivity contribution >= 4 is 45.5 Å². The normalized spacial score (nSPS) is 12.8. The molecule has 0 atom stereocenters. The zero-order valence-electron chi connectivity index (χ0n) is 18.4. The number of aliphatic imine (C=N–C) groups is 2. The molecule has 0 radical (unpaired) electrons. The van der Waals surface area contributed by atoms with Crippen LogP contribution in [0.2, 0.25) is 0 Å². The Morgan fingerprint density at radius 1 is 0.969 bits per heavy atom. The van der Waals surface area contributed by atoms with Gasteiger partial charge in [-0.25, -0.2) is 4.99 Å². The number of nitrogens with zero attached hydrogens (tertiary/aromatic N) is 2. The van der Waals surface area contributed by atoms with Crippen molar-refractivity contribution in [2.24, 2.45) is 9.98 Å². The second kappa shape index (κ2) is 9.83. The highest BCUT2D eigenvalue weighted by molar-refractivity contribution is 8.14. The predicted molar refractivity (Wildman–Crippen MR) is 134 cm³/mol. The van der Waals surface area contributed by atoms with Gasteiger partial charge in [0, 0.05) is 12.1 Å². The molecule has 0 saturated carbocycles. The summed E-state index contributed by atoms with van der Waals surface area (Å²) in [5.74, 6) is 1.02. The first-order valence-electron chi connectivity index (χ1n) is 10.4. The third kappa shape index (κ3) is 5.26. The van der Waals surface area contributed by atoms with E-state index in [2.05, 4.69) is 31.3 Å². The SMILES string of the molecule is COc1ccc(C2=Nc3cc(C)c(C)cc3N=C(SCC(=O)Nc3ccccc3)C2)cc1. The van der Waals surface area contributed by atoms with Gasteiger partial charge in [-0.15, -0.1) is 11.8 Å². The van der Waals surface area contributed by atoms with Gasteiger partial charge >= 0.3 is 0 Å². The van der Waals surface area contributed by atoms with E-state index < -0.39 is 0 Å². The Hall–Kier alpha value is -3.38. The third-order valence-electron chi connectivity index (χ3n) is 5.26. The van der Waals surface area contributed by atoms with E-state index in [-0.39, 0.29) is 11.7 Å². The highest BCUT2D eigenvalue weighted by Crippen LogP contribution is 2.36. The van der Waals surface area contributed by atoms with Crippen LogP contribution in [0, 0.1) is 13.8 Å². The number of nitrogens with one attached hydrogen (secondary N) is 1. The number of benzene rings is 3. The molecule has 32 heavy (non-hydrogen) atoms. The molecule has 1 amide bonds. The van der Waals surface area contributed by atoms with Crippen molar-refractivity contribution in [3.8, 4) is 5.75 Å². The molecule has 0 saturated heterocycles. The van der Waals surface area contributed by atoms with Gasteiger partial charge in [-0.05, 0) is 79.1 Å². The summed E-state index contributed by atoms with van der Waals surface area (Å²) in [5, 5.41) is 3.80. The Morgan fingerprint density at radius 3 is 2.28 bits per heavy atom. The number of fused-ring (bicyclic) bond motifs is 1. The maximum absolute atomic E-state index is 12.5. The average molecular weight is 444 g/mol. The van der Waals surface area contributed by atoms with Gasteiger partial charge < -0.3 is 10.1 Å². The first-order valence-corrected chi connectivity index (χ1v) is 11.4. The third-order valence-corrected chi connectivity index (χ3v) is 6.24. The van der Waals surface area contributed by atoms with Crippen molar-refractivity contribution in [3.05, 3.63) is 83.4 Å². The van der Waals surface area contributed by atoms with Gasteiger partial charge in [0.25, 0.3) is 0 Å². The van der Waals surface area contributed by atoms with Crippen LogP contribution in [-0.2, 0) is 4.79 Å². The number of aryl methyl sites for hydroxylation is 2. The second-order valence-corrected chi connectivity index (χ2v) is 8.65. The Kier molecular flexibility index (Phi) is 6.71. The monoisotopic (exact) mass is 443 g/mol. The molecule has 1 aliphatic rings. The minimum Gasteiger partial charge on any atom is -0.497 e. The van der Waals surface area contributed by atoms with Gasteiger partial charge in [0.2, 0.25) is 5.91 Å². The molecule has 1 aliphatic heterocycles. The number of hydrogen-bond donors (Lipinski definition) is 1.